The van der Waals surface area contributed by atoms with E-state index in [2.05, 4.69) is 19.9 Å². The van der Waals surface area contributed by atoms with Crippen molar-refractivity contribution in [2.45, 2.75) is 52.2 Å². The molecule has 1 aromatic carbocycles. The Labute approximate surface area is 133 Å². The van der Waals surface area contributed by atoms with Crippen molar-refractivity contribution < 1.29 is 14.6 Å². The number of carbonyl (C=O) groups excluding carboxylic acids is 1. The molecule has 0 bridgehead atoms. The van der Waals surface area contributed by atoms with E-state index in [0.717, 1.165) is 12.0 Å². The van der Waals surface area contributed by atoms with Gasteiger partial charge in [0.15, 0.2) is 0 Å². The average Bonchev–Trinajstić information content (AvgIpc) is 2.32. The fraction of sp³-hybridized carbons (Fsp3) is 0.611. The van der Waals surface area contributed by atoms with Crippen molar-refractivity contribution in [3.63, 3.8) is 0 Å². The molecular formula is C18H27NO3. The van der Waals surface area contributed by atoms with Gasteiger partial charge in [-0.2, -0.15) is 0 Å². The van der Waals surface area contributed by atoms with Crippen molar-refractivity contribution >= 4 is 6.09 Å². The fourth-order valence-electron chi connectivity index (χ4n) is 2.68. The van der Waals surface area contributed by atoms with E-state index >= 15 is 0 Å². The Hall–Kier alpha value is -1.55. The highest BCUT2D eigenvalue weighted by molar-refractivity contribution is 5.70. The first-order valence-corrected chi connectivity index (χ1v) is 7.89. The van der Waals surface area contributed by atoms with Crippen molar-refractivity contribution in [2.24, 2.45) is 5.92 Å². The molecule has 2 rings (SSSR count). The molecule has 22 heavy (non-hydrogen) atoms. The molecule has 1 saturated heterocycles. The SMILES string of the molecule is CC(C)Cc1cccc(C2(O)CN(C(=O)OC(C)(C)C)C2)c1. The third-order valence-electron chi connectivity index (χ3n) is 3.66. The van der Waals surface area contributed by atoms with Gasteiger partial charge in [0.1, 0.15) is 11.2 Å². The van der Waals surface area contributed by atoms with Gasteiger partial charge in [-0.3, -0.25) is 0 Å². The lowest BCUT2D eigenvalue weighted by atomic mass is 9.85. The number of nitrogens with zero attached hydrogens (tertiary/aromatic N) is 1. The van der Waals surface area contributed by atoms with Crippen molar-refractivity contribution in [3.05, 3.63) is 35.4 Å². The summed E-state index contributed by atoms with van der Waals surface area (Å²) >= 11 is 0. The van der Waals surface area contributed by atoms with Crippen LogP contribution >= 0.6 is 0 Å². The van der Waals surface area contributed by atoms with Gasteiger partial charge in [-0.15, -0.1) is 0 Å². The summed E-state index contributed by atoms with van der Waals surface area (Å²) in [6.07, 6.45) is 0.621. The Morgan fingerprint density at radius 1 is 1.36 bits per heavy atom. The van der Waals surface area contributed by atoms with E-state index in [1.165, 1.54) is 5.56 Å². The van der Waals surface area contributed by atoms with E-state index in [0.29, 0.717) is 5.92 Å². The standard InChI is InChI=1S/C18H27NO3/c1-13(2)9-14-7-6-8-15(10-14)18(21)11-19(12-18)16(20)22-17(3,4)5/h6-8,10,13,21H,9,11-12H2,1-5H3. The molecule has 4 nitrogen and oxygen atoms in total. The summed E-state index contributed by atoms with van der Waals surface area (Å²) in [6.45, 7) is 10.4. The van der Waals surface area contributed by atoms with Crippen molar-refractivity contribution in [3.8, 4) is 0 Å². The lowest BCUT2D eigenvalue weighted by molar-refractivity contribution is -0.103. The second-order valence-corrected chi connectivity index (χ2v) is 7.67. The molecule has 1 amide bonds. The van der Waals surface area contributed by atoms with Crippen LogP contribution in [0.25, 0.3) is 0 Å². The predicted octanol–water partition coefficient (Wildman–Crippen LogP) is 3.32. The minimum Gasteiger partial charge on any atom is -0.444 e. The van der Waals surface area contributed by atoms with Gasteiger partial charge >= 0.3 is 6.09 Å². The minimum atomic E-state index is -0.954. The molecule has 1 fully saturated rings. The first kappa shape index (κ1) is 16.8. The molecule has 1 aliphatic rings. The van der Waals surface area contributed by atoms with Gasteiger partial charge in [0.05, 0.1) is 13.1 Å². The summed E-state index contributed by atoms with van der Waals surface area (Å²) in [4.78, 5) is 13.5. The van der Waals surface area contributed by atoms with E-state index in [4.69, 9.17) is 4.74 Å². The third-order valence-corrected chi connectivity index (χ3v) is 3.66. The summed E-state index contributed by atoms with van der Waals surface area (Å²) in [7, 11) is 0. The Bertz CT molecular complexity index is 540. The summed E-state index contributed by atoms with van der Waals surface area (Å²) in [6, 6.07) is 8.03. The lowest BCUT2D eigenvalue weighted by Crippen LogP contribution is -2.61. The van der Waals surface area contributed by atoms with Crippen LogP contribution in [-0.4, -0.2) is 34.8 Å². The van der Waals surface area contributed by atoms with Gasteiger partial charge < -0.3 is 14.7 Å². The average molecular weight is 305 g/mol. The van der Waals surface area contributed by atoms with E-state index in [9.17, 15) is 9.90 Å². The molecule has 0 radical (unpaired) electrons. The van der Waals surface area contributed by atoms with Gasteiger partial charge in [0.2, 0.25) is 0 Å². The summed E-state index contributed by atoms with van der Waals surface area (Å²) in [5.41, 5.74) is 0.633. The number of hydrogen-bond donors (Lipinski definition) is 1. The topological polar surface area (TPSA) is 49.8 Å². The normalized spacial score (nSPS) is 17.3. The fourth-order valence-corrected chi connectivity index (χ4v) is 2.68. The molecule has 0 aromatic heterocycles. The van der Waals surface area contributed by atoms with Crippen LogP contribution in [0.1, 0.15) is 45.7 Å². The molecule has 4 heteroatoms. The zero-order valence-corrected chi connectivity index (χ0v) is 14.2. The molecule has 1 heterocycles. The molecule has 1 N–H and O–H groups in total. The molecule has 0 unspecified atom stereocenters. The van der Waals surface area contributed by atoms with Crippen LogP contribution in [0.4, 0.5) is 4.79 Å². The maximum absolute atomic E-state index is 12.0. The van der Waals surface area contributed by atoms with Crippen LogP contribution in [0.15, 0.2) is 24.3 Å². The highest BCUT2D eigenvalue weighted by atomic mass is 16.6. The van der Waals surface area contributed by atoms with Gasteiger partial charge in [-0.25, -0.2) is 4.79 Å². The summed E-state index contributed by atoms with van der Waals surface area (Å²) < 4.78 is 5.32. The van der Waals surface area contributed by atoms with Gasteiger partial charge in [-0.05, 0) is 44.2 Å². The first-order chi connectivity index (χ1) is 10.1. The molecule has 0 atom stereocenters. The second-order valence-electron chi connectivity index (χ2n) is 7.67. The molecule has 1 aliphatic heterocycles. The van der Waals surface area contributed by atoms with E-state index in [1.807, 2.05) is 39.0 Å². The predicted molar refractivity (Wildman–Crippen MR) is 86.7 cm³/mol. The van der Waals surface area contributed by atoms with Crippen LogP contribution in [0.2, 0.25) is 0 Å². The third kappa shape index (κ3) is 4.01. The number of benzene rings is 1. The quantitative estimate of drug-likeness (QED) is 0.932. The number of ether oxygens (including phenoxy) is 1. The van der Waals surface area contributed by atoms with Gasteiger partial charge in [0.25, 0.3) is 0 Å². The summed E-state index contributed by atoms with van der Waals surface area (Å²) in [5.74, 6) is 0.574. The zero-order chi connectivity index (χ0) is 16.5. The van der Waals surface area contributed by atoms with Crippen LogP contribution < -0.4 is 0 Å². The maximum atomic E-state index is 12.0. The van der Waals surface area contributed by atoms with Gasteiger partial charge in [0, 0.05) is 0 Å². The highest BCUT2D eigenvalue weighted by Crippen LogP contribution is 2.33. The van der Waals surface area contributed by atoms with Crippen molar-refractivity contribution in [1.82, 2.24) is 4.90 Å². The molecule has 122 valence electrons. The number of rotatable bonds is 3. The molecule has 1 aromatic rings. The zero-order valence-electron chi connectivity index (χ0n) is 14.2. The Kier molecular flexibility index (Phi) is 4.52. The molecule has 0 saturated carbocycles. The number of hydrogen-bond acceptors (Lipinski definition) is 3. The summed E-state index contributed by atoms with van der Waals surface area (Å²) in [5, 5.41) is 10.7. The van der Waals surface area contributed by atoms with Crippen molar-refractivity contribution in [2.75, 3.05) is 13.1 Å². The molecule has 0 aliphatic carbocycles. The van der Waals surface area contributed by atoms with E-state index < -0.39 is 11.2 Å². The van der Waals surface area contributed by atoms with Crippen LogP contribution in [0, 0.1) is 5.92 Å². The lowest BCUT2D eigenvalue weighted by Gasteiger charge is -2.46. The molecular weight excluding hydrogens is 278 g/mol. The number of aliphatic hydroxyl groups is 1. The highest BCUT2D eigenvalue weighted by Gasteiger charge is 2.46. The Balaban J connectivity index is 2.02. The first-order valence-electron chi connectivity index (χ1n) is 7.89. The number of likely N-dealkylation sites (tertiary alicyclic amines) is 1. The Morgan fingerprint density at radius 3 is 2.55 bits per heavy atom. The number of β-amino-alcohol motifs (C(OH)–C–C–N with tert-alkyl or cyclic N) is 1. The number of amides is 1. The van der Waals surface area contributed by atoms with E-state index in [1.54, 1.807) is 4.90 Å². The monoisotopic (exact) mass is 305 g/mol. The Morgan fingerprint density at radius 2 is 2.00 bits per heavy atom. The van der Waals surface area contributed by atoms with E-state index in [-0.39, 0.29) is 19.2 Å². The van der Waals surface area contributed by atoms with Crippen LogP contribution in [-0.2, 0) is 16.8 Å². The van der Waals surface area contributed by atoms with Crippen LogP contribution in [0.3, 0.4) is 0 Å². The minimum absolute atomic E-state index is 0.285. The van der Waals surface area contributed by atoms with Crippen LogP contribution in [0.5, 0.6) is 0 Å². The molecule has 0 spiro atoms. The number of carbonyl (C=O) groups is 1. The smallest absolute Gasteiger partial charge is 0.410 e. The van der Waals surface area contributed by atoms with Crippen molar-refractivity contribution in [1.29, 1.82) is 0 Å². The second kappa shape index (κ2) is 5.92. The van der Waals surface area contributed by atoms with Gasteiger partial charge in [-0.1, -0.05) is 38.1 Å². The largest absolute Gasteiger partial charge is 0.444 e. The maximum Gasteiger partial charge on any atom is 0.410 e.